The first-order valence-electron chi connectivity index (χ1n) is 5.85. The van der Waals surface area contributed by atoms with Crippen molar-refractivity contribution in [1.29, 1.82) is 0 Å². The Bertz CT molecular complexity index is 342. The number of hydrogen-bond acceptors (Lipinski definition) is 3. The molecule has 2 unspecified atom stereocenters. The molecule has 1 saturated heterocycles. The quantitative estimate of drug-likeness (QED) is 0.600. The average molecular weight is 273 g/mol. The van der Waals surface area contributed by atoms with Crippen LogP contribution in [-0.4, -0.2) is 24.7 Å². The molecule has 2 nitrogen and oxygen atoms in total. The SMILES string of the molecule is Cc1ccc(SOCC2CCC(CCl)O2)cc1. The van der Waals surface area contributed by atoms with Gasteiger partial charge in [0.2, 0.25) is 0 Å². The molecule has 94 valence electrons. The van der Waals surface area contributed by atoms with Crippen molar-refractivity contribution in [3.8, 4) is 0 Å². The highest BCUT2D eigenvalue weighted by Crippen LogP contribution is 2.24. The van der Waals surface area contributed by atoms with E-state index in [9.17, 15) is 0 Å². The predicted molar refractivity (Wildman–Crippen MR) is 71.6 cm³/mol. The second-order valence-electron chi connectivity index (χ2n) is 4.29. The Morgan fingerprint density at radius 3 is 2.65 bits per heavy atom. The van der Waals surface area contributed by atoms with E-state index in [1.165, 1.54) is 17.6 Å². The first-order chi connectivity index (χ1) is 8.28. The fourth-order valence-electron chi connectivity index (χ4n) is 1.79. The van der Waals surface area contributed by atoms with Gasteiger partial charge in [0, 0.05) is 22.8 Å². The number of benzene rings is 1. The second kappa shape index (κ2) is 6.64. The molecule has 2 rings (SSSR count). The summed E-state index contributed by atoms with van der Waals surface area (Å²) in [5.41, 5.74) is 1.26. The van der Waals surface area contributed by atoms with Gasteiger partial charge in [0.15, 0.2) is 0 Å². The molecule has 0 spiro atoms. The van der Waals surface area contributed by atoms with Crippen molar-refractivity contribution in [2.24, 2.45) is 0 Å². The molecule has 0 N–H and O–H groups in total. The van der Waals surface area contributed by atoms with E-state index < -0.39 is 0 Å². The lowest BCUT2D eigenvalue weighted by Gasteiger charge is -2.11. The molecular weight excluding hydrogens is 256 g/mol. The van der Waals surface area contributed by atoms with Crippen LogP contribution in [0.15, 0.2) is 29.2 Å². The molecule has 1 heterocycles. The third-order valence-corrected chi connectivity index (χ3v) is 3.86. The van der Waals surface area contributed by atoms with Crippen LogP contribution < -0.4 is 0 Å². The smallest absolute Gasteiger partial charge is 0.0881 e. The van der Waals surface area contributed by atoms with Crippen LogP contribution in [0.3, 0.4) is 0 Å². The van der Waals surface area contributed by atoms with Crippen molar-refractivity contribution in [2.75, 3.05) is 12.5 Å². The minimum atomic E-state index is 0.205. The van der Waals surface area contributed by atoms with Crippen molar-refractivity contribution in [3.63, 3.8) is 0 Å². The van der Waals surface area contributed by atoms with Crippen molar-refractivity contribution in [1.82, 2.24) is 0 Å². The van der Waals surface area contributed by atoms with E-state index in [2.05, 4.69) is 31.2 Å². The standard InChI is InChI=1S/C13H17ClO2S/c1-10-2-6-13(7-3-10)17-15-9-12-5-4-11(8-14)16-12/h2-3,6-7,11-12H,4-5,8-9H2,1H3. The monoisotopic (exact) mass is 272 g/mol. The number of rotatable bonds is 5. The van der Waals surface area contributed by atoms with Crippen LogP contribution in [0.25, 0.3) is 0 Å². The van der Waals surface area contributed by atoms with Crippen LogP contribution in [0, 0.1) is 6.92 Å². The molecule has 4 heteroatoms. The number of alkyl halides is 1. The highest BCUT2D eigenvalue weighted by Gasteiger charge is 2.24. The molecule has 0 amide bonds. The van der Waals surface area contributed by atoms with Gasteiger partial charge in [-0.25, -0.2) is 0 Å². The molecular formula is C13H17ClO2S. The maximum Gasteiger partial charge on any atom is 0.0881 e. The summed E-state index contributed by atoms with van der Waals surface area (Å²) < 4.78 is 11.3. The number of aryl methyl sites for hydroxylation is 1. The molecule has 1 fully saturated rings. The zero-order chi connectivity index (χ0) is 12.1. The van der Waals surface area contributed by atoms with Crippen molar-refractivity contribution in [2.45, 2.75) is 36.9 Å². The summed E-state index contributed by atoms with van der Waals surface area (Å²) in [4.78, 5) is 1.13. The fraction of sp³-hybridized carbons (Fsp3) is 0.538. The van der Waals surface area contributed by atoms with Crippen LogP contribution in [-0.2, 0) is 8.92 Å². The Labute approximate surface area is 112 Å². The molecule has 2 atom stereocenters. The van der Waals surface area contributed by atoms with E-state index >= 15 is 0 Å². The van der Waals surface area contributed by atoms with Crippen LogP contribution in [0.4, 0.5) is 0 Å². The van der Waals surface area contributed by atoms with Gasteiger partial charge in [0.05, 0.1) is 18.8 Å². The van der Waals surface area contributed by atoms with E-state index in [1.807, 2.05) is 0 Å². The highest BCUT2D eigenvalue weighted by atomic mass is 35.5. The Kier molecular flexibility index (Phi) is 5.16. The molecule has 0 aromatic heterocycles. The molecule has 0 bridgehead atoms. The maximum absolute atomic E-state index is 5.75. The van der Waals surface area contributed by atoms with Gasteiger partial charge in [-0.15, -0.1) is 11.6 Å². The molecule has 0 radical (unpaired) electrons. The summed E-state index contributed by atoms with van der Waals surface area (Å²) in [6.45, 7) is 2.71. The summed E-state index contributed by atoms with van der Waals surface area (Å²) in [7, 11) is 0. The predicted octanol–water partition coefficient (Wildman–Crippen LogP) is 3.81. The van der Waals surface area contributed by atoms with Crippen LogP contribution in [0.2, 0.25) is 0 Å². The van der Waals surface area contributed by atoms with E-state index in [1.54, 1.807) is 0 Å². The Balaban J connectivity index is 1.68. The molecule has 0 saturated carbocycles. The summed E-state index contributed by atoms with van der Waals surface area (Å²) in [6, 6.07) is 8.30. The van der Waals surface area contributed by atoms with Gasteiger partial charge in [0.25, 0.3) is 0 Å². The van der Waals surface area contributed by atoms with Crippen molar-refractivity contribution < 1.29 is 8.92 Å². The normalized spacial score (nSPS) is 24.1. The Morgan fingerprint density at radius 1 is 1.29 bits per heavy atom. The second-order valence-corrected chi connectivity index (χ2v) is 5.48. The van der Waals surface area contributed by atoms with E-state index in [-0.39, 0.29) is 12.2 Å². The average Bonchev–Trinajstić information content (AvgIpc) is 2.80. The lowest BCUT2D eigenvalue weighted by atomic mass is 10.2. The van der Waals surface area contributed by atoms with Crippen molar-refractivity contribution >= 4 is 23.6 Å². The third kappa shape index (κ3) is 4.18. The van der Waals surface area contributed by atoms with Gasteiger partial charge in [-0.1, -0.05) is 17.7 Å². The van der Waals surface area contributed by atoms with Gasteiger partial charge in [-0.2, -0.15) is 0 Å². The van der Waals surface area contributed by atoms with Gasteiger partial charge in [0.1, 0.15) is 0 Å². The molecule has 1 aliphatic heterocycles. The zero-order valence-electron chi connectivity index (χ0n) is 9.90. The van der Waals surface area contributed by atoms with Crippen LogP contribution >= 0.6 is 23.6 Å². The molecule has 1 aromatic carbocycles. The first-order valence-corrected chi connectivity index (χ1v) is 7.13. The largest absolute Gasteiger partial charge is 0.371 e. The summed E-state index contributed by atoms with van der Waals surface area (Å²) in [6.07, 6.45) is 2.52. The Hall–Kier alpha value is -0.220. The minimum absolute atomic E-state index is 0.205. The highest BCUT2D eigenvalue weighted by molar-refractivity contribution is 7.94. The van der Waals surface area contributed by atoms with Gasteiger partial charge >= 0.3 is 0 Å². The van der Waals surface area contributed by atoms with Crippen LogP contribution in [0.5, 0.6) is 0 Å². The summed E-state index contributed by atoms with van der Waals surface area (Å²) in [5, 5.41) is 0. The third-order valence-electron chi connectivity index (χ3n) is 2.80. The topological polar surface area (TPSA) is 18.5 Å². The van der Waals surface area contributed by atoms with Gasteiger partial charge < -0.3 is 8.92 Å². The van der Waals surface area contributed by atoms with E-state index in [0.29, 0.717) is 12.5 Å². The molecule has 1 aliphatic rings. The lowest BCUT2D eigenvalue weighted by Crippen LogP contribution is -2.16. The summed E-state index contributed by atoms with van der Waals surface area (Å²) in [5.74, 6) is 0.585. The van der Waals surface area contributed by atoms with E-state index in [0.717, 1.165) is 17.7 Å². The fourth-order valence-corrected chi connectivity index (χ4v) is 2.62. The molecule has 0 aliphatic carbocycles. The number of ether oxygens (including phenoxy) is 1. The summed E-state index contributed by atoms with van der Waals surface area (Å²) >= 11 is 7.16. The lowest BCUT2D eigenvalue weighted by molar-refractivity contribution is 0.0327. The Morgan fingerprint density at radius 2 is 2.00 bits per heavy atom. The van der Waals surface area contributed by atoms with Crippen LogP contribution in [0.1, 0.15) is 18.4 Å². The number of hydrogen-bond donors (Lipinski definition) is 0. The van der Waals surface area contributed by atoms with Gasteiger partial charge in [-0.05, 0) is 31.9 Å². The van der Waals surface area contributed by atoms with Crippen molar-refractivity contribution in [3.05, 3.63) is 29.8 Å². The molecule has 17 heavy (non-hydrogen) atoms. The maximum atomic E-state index is 5.75. The number of halogens is 1. The molecule has 1 aromatic rings. The zero-order valence-corrected chi connectivity index (χ0v) is 11.5. The first kappa shape index (κ1) is 13.2. The van der Waals surface area contributed by atoms with Gasteiger partial charge in [-0.3, -0.25) is 0 Å². The van der Waals surface area contributed by atoms with E-state index in [4.69, 9.17) is 20.5 Å². The minimum Gasteiger partial charge on any atom is -0.371 e.